The van der Waals surface area contributed by atoms with E-state index in [0.29, 0.717) is 28.6 Å². The highest BCUT2D eigenvalue weighted by Gasteiger charge is 2.27. The SMILES string of the molecule is COc1ccc(C(=O)/C(Cc2ccccc2)=C(\C(=O)O)c2ccc3c(c2)OCO3)c(OC)c1. The Balaban J connectivity index is 1.90. The van der Waals surface area contributed by atoms with Gasteiger partial charge in [-0.2, -0.15) is 0 Å². The summed E-state index contributed by atoms with van der Waals surface area (Å²) in [5.74, 6) is 0.0941. The molecule has 168 valence electrons. The molecule has 7 heteroatoms. The zero-order valence-electron chi connectivity index (χ0n) is 18.2. The molecule has 0 fully saturated rings. The van der Waals surface area contributed by atoms with Crippen molar-refractivity contribution in [3.05, 3.63) is 89.0 Å². The summed E-state index contributed by atoms with van der Waals surface area (Å²) in [6.07, 6.45) is 0.116. The van der Waals surface area contributed by atoms with E-state index in [1.807, 2.05) is 30.3 Å². The molecule has 4 rings (SSSR count). The number of ether oxygens (including phenoxy) is 4. The number of benzene rings is 3. The van der Waals surface area contributed by atoms with Gasteiger partial charge in [0, 0.05) is 18.1 Å². The monoisotopic (exact) mass is 446 g/mol. The lowest BCUT2D eigenvalue weighted by Crippen LogP contribution is -2.15. The Hall–Kier alpha value is -4.26. The van der Waals surface area contributed by atoms with E-state index in [1.54, 1.807) is 36.4 Å². The van der Waals surface area contributed by atoms with Crippen molar-refractivity contribution in [2.24, 2.45) is 0 Å². The van der Waals surface area contributed by atoms with Crippen LogP contribution < -0.4 is 18.9 Å². The summed E-state index contributed by atoms with van der Waals surface area (Å²) >= 11 is 0. The van der Waals surface area contributed by atoms with Crippen molar-refractivity contribution in [3.8, 4) is 23.0 Å². The van der Waals surface area contributed by atoms with Gasteiger partial charge in [-0.25, -0.2) is 4.79 Å². The first kappa shape index (κ1) is 22.0. The van der Waals surface area contributed by atoms with Crippen LogP contribution in [0.4, 0.5) is 0 Å². The number of allylic oxidation sites excluding steroid dienone is 1. The maximum absolute atomic E-state index is 13.8. The molecule has 0 aliphatic carbocycles. The molecule has 0 bridgehead atoms. The lowest BCUT2D eigenvalue weighted by atomic mass is 9.89. The van der Waals surface area contributed by atoms with Crippen molar-refractivity contribution < 1.29 is 33.6 Å². The topological polar surface area (TPSA) is 91.3 Å². The predicted molar refractivity (Wildman–Crippen MR) is 121 cm³/mol. The average Bonchev–Trinajstić information content (AvgIpc) is 3.31. The molecule has 7 nitrogen and oxygen atoms in total. The number of aliphatic carboxylic acids is 1. The van der Waals surface area contributed by atoms with E-state index in [0.717, 1.165) is 5.56 Å². The lowest BCUT2D eigenvalue weighted by Gasteiger charge is -2.15. The highest BCUT2D eigenvalue weighted by molar-refractivity contribution is 6.27. The van der Waals surface area contributed by atoms with E-state index in [4.69, 9.17) is 18.9 Å². The molecular weight excluding hydrogens is 424 g/mol. The van der Waals surface area contributed by atoms with Crippen molar-refractivity contribution in [2.45, 2.75) is 6.42 Å². The normalized spacial score (nSPS) is 12.7. The Labute approximate surface area is 190 Å². The number of carbonyl (C=O) groups is 2. The van der Waals surface area contributed by atoms with Gasteiger partial charge < -0.3 is 24.1 Å². The minimum absolute atomic E-state index is 0.0593. The number of rotatable bonds is 8. The molecule has 0 radical (unpaired) electrons. The zero-order chi connectivity index (χ0) is 23.4. The number of methoxy groups -OCH3 is 2. The van der Waals surface area contributed by atoms with Crippen LogP contribution in [-0.4, -0.2) is 37.9 Å². The second-order valence-corrected chi connectivity index (χ2v) is 7.28. The standard InChI is InChI=1S/C26H22O7/c1-30-18-9-10-19(22(14-18)31-2)25(27)20(12-16-6-4-3-5-7-16)24(26(28)29)17-8-11-21-23(13-17)33-15-32-21/h3-11,13-14H,12,15H2,1-2H3,(H,28,29)/b24-20-. The molecule has 0 amide bonds. The Morgan fingerprint density at radius 2 is 1.67 bits per heavy atom. The number of carboxylic acid groups (broad SMARTS) is 1. The Kier molecular flexibility index (Phi) is 6.31. The van der Waals surface area contributed by atoms with E-state index >= 15 is 0 Å². The van der Waals surface area contributed by atoms with Crippen LogP contribution in [0.2, 0.25) is 0 Å². The van der Waals surface area contributed by atoms with Gasteiger partial charge in [-0.1, -0.05) is 36.4 Å². The third kappa shape index (κ3) is 4.52. The van der Waals surface area contributed by atoms with Crippen LogP contribution in [0.25, 0.3) is 5.57 Å². The summed E-state index contributed by atoms with van der Waals surface area (Å²) in [4.78, 5) is 26.3. The molecule has 3 aromatic carbocycles. The van der Waals surface area contributed by atoms with Crippen molar-refractivity contribution in [1.29, 1.82) is 0 Å². The molecule has 0 spiro atoms. The molecule has 3 aromatic rings. The number of ketones is 1. The second kappa shape index (κ2) is 9.48. The summed E-state index contributed by atoms with van der Waals surface area (Å²) in [5.41, 5.74) is 1.39. The second-order valence-electron chi connectivity index (χ2n) is 7.28. The minimum Gasteiger partial charge on any atom is -0.497 e. The molecule has 1 aliphatic rings. The molecule has 33 heavy (non-hydrogen) atoms. The van der Waals surface area contributed by atoms with Gasteiger partial charge in [0.1, 0.15) is 11.5 Å². The van der Waals surface area contributed by atoms with Crippen molar-refractivity contribution >= 4 is 17.3 Å². The van der Waals surface area contributed by atoms with Gasteiger partial charge >= 0.3 is 5.97 Å². The molecule has 0 saturated carbocycles. The number of hydrogen-bond acceptors (Lipinski definition) is 6. The fourth-order valence-electron chi connectivity index (χ4n) is 3.71. The highest BCUT2D eigenvalue weighted by Crippen LogP contribution is 2.37. The molecule has 0 aromatic heterocycles. The van der Waals surface area contributed by atoms with Gasteiger partial charge in [0.25, 0.3) is 0 Å². The first-order chi connectivity index (χ1) is 16.0. The number of carbonyl (C=O) groups excluding carboxylic acids is 1. The van der Waals surface area contributed by atoms with E-state index in [-0.39, 0.29) is 29.9 Å². The average molecular weight is 446 g/mol. The quantitative estimate of drug-likeness (QED) is 0.405. The molecule has 1 heterocycles. The Bertz CT molecular complexity index is 1230. The van der Waals surface area contributed by atoms with Crippen LogP contribution in [0.3, 0.4) is 0 Å². The largest absolute Gasteiger partial charge is 0.497 e. The van der Waals surface area contributed by atoms with Gasteiger partial charge in [0.2, 0.25) is 6.79 Å². The van der Waals surface area contributed by atoms with Gasteiger partial charge in [-0.05, 0) is 35.4 Å². The van der Waals surface area contributed by atoms with Crippen LogP contribution in [-0.2, 0) is 11.2 Å². The maximum Gasteiger partial charge on any atom is 0.336 e. The van der Waals surface area contributed by atoms with E-state index in [2.05, 4.69) is 0 Å². The summed E-state index contributed by atoms with van der Waals surface area (Å²) < 4.78 is 21.4. The number of carboxylic acids is 1. The smallest absolute Gasteiger partial charge is 0.336 e. The molecule has 0 atom stereocenters. The zero-order valence-corrected chi connectivity index (χ0v) is 18.2. The van der Waals surface area contributed by atoms with Crippen molar-refractivity contribution in [3.63, 3.8) is 0 Å². The maximum atomic E-state index is 13.8. The van der Waals surface area contributed by atoms with Gasteiger partial charge in [-0.15, -0.1) is 0 Å². The van der Waals surface area contributed by atoms with Crippen molar-refractivity contribution in [1.82, 2.24) is 0 Å². The Morgan fingerprint density at radius 1 is 0.909 bits per heavy atom. The Morgan fingerprint density at radius 3 is 2.36 bits per heavy atom. The van der Waals surface area contributed by atoms with Gasteiger partial charge in [-0.3, -0.25) is 4.79 Å². The number of Topliss-reactive ketones (excluding diaryl/α,β-unsaturated/α-hetero) is 1. The van der Waals surface area contributed by atoms with Gasteiger partial charge in [0.15, 0.2) is 17.3 Å². The molecular formula is C26H22O7. The summed E-state index contributed by atoms with van der Waals surface area (Å²) in [5, 5.41) is 10.2. The molecule has 1 N–H and O–H groups in total. The van der Waals surface area contributed by atoms with Crippen LogP contribution in [0.5, 0.6) is 23.0 Å². The fraction of sp³-hybridized carbons (Fsp3) is 0.154. The van der Waals surface area contributed by atoms with Crippen LogP contribution in [0.1, 0.15) is 21.5 Å². The molecule has 0 unspecified atom stereocenters. The van der Waals surface area contributed by atoms with E-state index in [1.165, 1.54) is 14.2 Å². The molecule has 1 aliphatic heterocycles. The minimum atomic E-state index is -1.22. The first-order valence-electron chi connectivity index (χ1n) is 10.2. The third-order valence-electron chi connectivity index (χ3n) is 5.33. The van der Waals surface area contributed by atoms with Gasteiger partial charge in [0.05, 0.1) is 25.4 Å². The molecule has 0 saturated heterocycles. The lowest BCUT2D eigenvalue weighted by molar-refractivity contribution is -0.130. The van der Waals surface area contributed by atoms with E-state index in [9.17, 15) is 14.7 Å². The summed E-state index contributed by atoms with van der Waals surface area (Å²) in [7, 11) is 2.96. The predicted octanol–water partition coefficient (Wildman–Crippen LogP) is 4.40. The highest BCUT2D eigenvalue weighted by atomic mass is 16.7. The summed E-state index contributed by atoms with van der Waals surface area (Å²) in [6, 6.07) is 18.9. The van der Waals surface area contributed by atoms with E-state index < -0.39 is 11.8 Å². The van der Waals surface area contributed by atoms with Crippen LogP contribution in [0, 0.1) is 0 Å². The third-order valence-corrected chi connectivity index (χ3v) is 5.33. The fourth-order valence-corrected chi connectivity index (χ4v) is 3.71. The first-order valence-corrected chi connectivity index (χ1v) is 10.2. The number of fused-ring (bicyclic) bond motifs is 1. The van der Waals surface area contributed by atoms with Crippen molar-refractivity contribution in [2.75, 3.05) is 21.0 Å². The van der Waals surface area contributed by atoms with Crippen LogP contribution in [0.15, 0.2) is 72.3 Å². The number of hydrogen-bond donors (Lipinski definition) is 1. The summed E-state index contributed by atoms with van der Waals surface area (Å²) in [6.45, 7) is 0.0593. The van der Waals surface area contributed by atoms with Crippen LogP contribution >= 0.6 is 0 Å².